The minimum atomic E-state index is -2.02. The van der Waals surface area contributed by atoms with E-state index in [9.17, 15) is 66.1 Å². The van der Waals surface area contributed by atoms with E-state index in [-0.39, 0.29) is 52.7 Å². The Hall–Kier alpha value is -1.63. The maximum Gasteiger partial charge on any atom is 0.302 e. The van der Waals surface area contributed by atoms with Gasteiger partial charge in [-0.2, -0.15) is 0 Å². The fourth-order valence-electron chi connectivity index (χ4n) is 17.5. The number of hydrogen-bond acceptors (Lipinski definition) is 23. The SMILES string of the molecule is CC(=O)O[C@H]1C[C@]2(C)[C@@]3(C=C[C@@H]4[C@@]5(C)CC[C@H](O[C@@H]6O[C@H](C)[C@H](O)[C@H](O[C@@H]7O[C@H](CO)[C@@H](O[C@@H]8O[C@@H](C)[C@H](O)[C@@H](O)[C@H]8O)[C@H](O)[C@H]7O)[C@H]6O[C@@H]6O[C@H](CO)[C@@H](O)[C@H](O)[C@H]6O)[C@@](C)(CO)[C@@H]5CC[C@]42C)OC[C@@]12CCC(C)(C)C[C@H]23. The van der Waals surface area contributed by atoms with E-state index >= 15 is 0 Å². The zero-order chi connectivity index (χ0) is 57.5. The van der Waals surface area contributed by atoms with Crippen molar-refractivity contribution in [3.8, 4) is 0 Å². The van der Waals surface area contributed by atoms with Crippen molar-refractivity contribution in [1.82, 2.24) is 0 Å². The van der Waals surface area contributed by atoms with Gasteiger partial charge in [-0.15, -0.1) is 0 Å². The number of rotatable bonds is 12. The first-order chi connectivity index (χ1) is 37.0. The van der Waals surface area contributed by atoms with E-state index < -0.39 is 164 Å². The van der Waals surface area contributed by atoms with Gasteiger partial charge in [0.05, 0.1) is 50.3 Å². The van der Waals surface area contributed by atoms with E-state index in [0.717, 1.165) is 25.7 Å². The van der Waals surface area contributed by atoms with Crippen molar-refractivity contribution >= 4 is 5.97 Å². The molecule has 0 aromatic carbocycles. The van der Waals surface area contributed by atoms with Crippen LogP contribution in [-0.2, 0) is 52.2 Å². The van der Waals surface area contributed by atoms with Gasteiger partial charge in [0.15, 0.2) is 25.2 Å². The number of esters is 1. The van der Waals surface area contributed by atoms with Gasteiger partial charge in [-0.25, -0.2) is 0 Å². The predicted molar refractivity (Wildman–Crippen MR) is 270 cm³/mol. The molecule has 0 aromatic rings. The molecule has 12 N–H and O–H groups in total. The van der Waals surface area contributed by atoms with Gasteiger partial charge in [-0.3, -0.25) is 4.79 Å². The third kappa shape index (κ3) is 9.28. The molecule has 10 rings (SSSR count). The molecule has 0 unspecified atom stereocenters. The maximum atomic E-state index is 12.9. The number of aliphatic hydroxyl groups excluding tert-OH is 12. The number of ether oxygens (including phenoxy) is 10. The second kappa shape index (κ2) is 21.4. The summed E-state index contributed by atoms with van der Waals surface area (Å²) in [5, 5.41) is 132. The molecule has 2 bridgehead atoms. The number of aliphatic hydroxyl groups is 12. The van der Waals surface area contributed by atoms with Gasteiger partial charge in [0.1, 0.15) is 91.6 Å². The van der Waals surface area contributed by atoms with Crippen molar-refractivity contribution in [3.63, 3.8) is 0 Å². The highest BCUT2D eigenvalue weighted by molar-refractivity contribution is 5.66. The monoisotopic (exact) mass is 1130 g/mol. The van der Waals surface area contributed by atoms with E-state index in [1.165, 1.54) is 20.8 Å². The number of hydrogen-bond donors (Lipinski definition) is 12. The molecule has 79 heavy (non-hydrogen) atoms. The molecule has 0 amide bonds. The van der Waals surface area contributed by atoms with E-state index in [4.69, 9.17) is 47.4 Å². The van der Waals surface area contributed by atoms with Crippen molar-refractivity contribution < 1.29 is 113 Å². The average molecular weight is 1130 g/mol. The molecule has 23 nitrogen and oxygen atoms in total. The summed E-state index contributed by atoms with van der Waals surface area (Å²) in [5.74, 6) is -0.333. The van der Waals surface area contributed by atoms with Crippen LogP contribution in [0, 0.1) is 50.2 Å². The first kappa shape index (κ1) is 60.5. The number of fused-ring (bicyclic) bond motifs is 4. The van der Waals surface area contributed by atoms with Crippen LogP contribution in [0.2, 0.25) is 0 Å². The molecular formula is C56H90O23. The minimum Gasteiger partial charge on any atom is -0.462 e. The number of carbonyl (C=O) groups excluding carboxylic acids is 1. The van der Waals surface area contributed by atoms with Gasteiger partial charge >= 0.3 is 5.97 Å². The summed E-state index contributed by atoms with van der Waals surface area (Å²) < 4.78 is 63.1. The van der Waals surface area contributed by atoms with E-state index in [1.807, 2.05) is 6.92 Å². The minimum absolute atomic E-state index is 0.0121. The fourth-order valence-corrected chi connectivity index (χ4v) is 17.5. The van der Waals surface area contributed by atoms with Crippen LogP contribution in [0.15, 0.2) is 12.2 Å². The fraction of sp³-hybridized carbons (Fsp3) is 0.946. The summed E-state index contributed by atoms with van der Waals surface area (Å²) in [5.41, 5.74) is -3.01. The van der Waals surface area contributed by atoms with Crippen LogP contribution in [0.25, 0.3) is 0 Å². The van der Waals surface area contributed by atoms with Gasteiger partial charge in [0, 0.05) is 29.1 Å². The van der Waals surface area contributed by atoms with Crippen LogP contribution in [0.1, 0.15) is 114 Å². The second-order valence-corrected chi connectivity index (χ2v) is 27.1. The molecule has 9 fully saturated rings. The molecule has 0 aromatic heterocycles. The van der Waals surface area contributed by atoms with Crippen LogP contribution in [-0.4, -0.2) is 234 Å². The lowest BCUT2D eigenvalue weighted by molar-refractivity contribution is -0.403. The van der Waals surface area contributed by atoms with Gasteiger partial charge in [0.2, 0.25) is 0 Å². The lowest BCUT2D eigenvalue weighted by atomic mass is 9.32. The molecule has 5 heterocycles. The smallest absolute Gasteiger partial charge is 0.302 e. The molecule has 5 aliphatic heterocycles. The lowest BCUT2D eigenvalue weighted by Crippen LogP contribution is -2.73. The van der Waals surface area contributed by atoms with Crippen molar-refractivity contribution in [1.29, 1.82) is 0 Å². The summed E-state index contributed by atoms with van der Waals surface area (Å²) in [6.07, 6.45) is -23.6. The summed E-state index contributed by atoms with van der Waals surface area (Å²) in [7, 11) is 0. The summed E-state index contributed by atoms with van der Waals surface area (Å²) >= 11 is 0. The van der Waals surface area contributed by atoms with Crippen molar-refractivity contribution in [2.75, 3.05) is 26.4 Å². The van der Waals surface area contributed by atoms with Crippen molar-refractivity contribution in [3.05, 3.63) is 12.2 Å². The average Bonchev–Trinajstić information content (AvgIpc) is 2.00. The normalized spacial score (nSPS) is 56.8. The standard InChI is InChI=1S/C56H90O23/c1-24-34(61)37(64)40(67)46(71-24)77-43-28(21-58)75-48(42(69)39(43)66)78-44-35(62)25(2)72-49(45(44)79-47-41(68)38(65)36(63)27(20-57)74-47)76-32-12-13-51(6)29(52(32,7)22-59)10-14-53(8)30(51)11-15-56-31-18-50(4,5)16-17-55(31,23-70-56)33(73-26(3)60)19-54(53,56)9/h11,15,24-25,27-49,57-59,61-69H,10,12-14,16-23H2,1-9H3/t24-,25+,27+,28+,29+,30+,31+,32-,33-,34-,35-,36+,37+,38-,39+,40+,41+,42+,43+,44-,45+,46-,47-,48-,49-,51-,52-,53+,54-,55+,56-/m0/s1. The van der Waals surface area contributed by atoms with E-state index in [1.54, 1.807) is 0 Å². The highest BCUT2D eigenvalue weighted by Gasteiger charge is 2.80. The molecule has 1 spiro atoms. The summed E-state index contributed by atoms with van der Waals surface area (Å²) in [6, 6.07) is 0. The van der Waals surface area contributed by atoms with Gasteiger partial charge in [0.25, 0.3) is 0 Å². The van der Waals surface area contributed by atoms with Crippen LogP contribution in [0.4, 0.5) is 0 Å². The van der Waals surface area contributed by atoms with Crippen molar-refractivity contribution in [2.24, 2.45) is 50.2 Å². The molecule has 5 saturated heterocycles. The number of carbonyl (C=O) groups is 1. The second-order valence-electron chi connectivity index (χ2n) is 27.1. The molecular weight excluding hydrogens is 1040 g/mol. The lowest BCUT2D eigenvalue weighted by Gasteiger charge is -2.73. The van der Waals surface area contributed by atoms with E-state index in [2.05, 4.69) is 46.8 Å². The Morgan fingerprint density at radius 2 is 1.15 bits per heavy atom. The highest BCUT2D eigenvalue weighted by Crippen LogP contribution is 2.79. The van der Waals surface area contributed by atoms with Crippen LogP contribution < -0.4 is 0 Å². The Labute approximate surface area is 461 Å². The molecule has 4 saturated carbocycles. The Morgan fingerprint density at radius 1 is 0.570 bits per heavy atom. The Kier molecular flexibility index (Phi) is 16.4. The quantitative estimate of drug-likeness (QED) is 0.0635. The maximum absolute atomic E-state index is 12.9. The van der Waals surface area contributed by atoms with Crippen LogP contribution in [0.3, 0.4) is 0 Å². The van der Waals surface area contributed by atoms with Gasteiger partial charge < -0.3 is 109 Å². The number of allylic oxidation sites excluding steroid dienone is 1. The van der Waals surface area contributed by atoms with E-state index in [0.29, 0.717) is 32.3 Å². The molecule has 452 valence electrons. The topological polar surface area (TPSA) is 352 Å². The first-order valence-corrected chi connectivity index (χ1v) is 28.7. The summed E-state index contributed by atoms with van der Waals surface area (Å²) in [4.78, 5) is 12.9. The third-order valence-corrected chi connectivity index (χ3v) is 22.4. The molecule has 23 heteroatoms. The molecule has 10 aliphatic rings. The summed E-state index contributed by atoms with van der Waals surface area (Å²) in [6.45, 7) is 16.6. The van der Waals surface area contributed by atoms with Crippen LogP contribution in [0.5, 0.6) is 0 Å². The van der Waals surface area contributed by atoms with Gasteiger partial charge in [-0.05, 0) is 93.3 Å². The van der Waals surface area contributed by atoms with Crippen LogP contribution >= 0.6 is 0 Å². The Balaban J connectivity index is 0.944. The predicted octanol–water partition coefficient (Wildman–Crippen LogP) is -0.976. The Bertz CT molecular complexity index is 2220. The molecule has 5 aliphatic carbocycles. The molecule has 31 atom stereocenters. The third-order valence-electron chi connectivity index (χ3n) is 22.4. The zero-order valence-electron chi connectivity index (χ0n) is 46.9. The highest BCUT2D eigenvalue weighted by atomic mass is 16.8. The largest absolute Gasteiger partial charge is 0.462 e. The van der Waals surface area contributed by atoms with Crippen molar-refractivity contribution in [2.45, 2.75) is 254 Å². The first-order valence-electron chi connectivity index (χ1n) is 28.7. The molecule has 0 radical (unpaired) electrons. The zero-order valence-corrected chi connectivity index (χ0v) is 46.9. The Morgan fingerprint density at radius 3 is 1.80 bits per heavy atom. The van der Waals surface area contributed by atoms with Gasteiger partial charge in [-0.1, -0.05) is 53.7 Å².